The lowest BCUT2D eigenvalue weighted by Gasteiger charge is -2.34. The standard InChI is InChI=1S/C69H49N5/c1-6-22-46(23-7-1)51-32-20-33-52(42-51)54-43-53(47-24-8-2-9-25-47)44-55(45-54)68-70-67(50-30-14-5-15-31-50)71-69(72-68)74-62-38-19-17-35-58(62)60-41-40-59-57-34-16-18-37-61(57)73(65(59)66(60)74)63-39-21-36-56(48-26-10-3-11-27-48)64(63)49-28-12-4-13-29-49/h1-45,67,69,71H,(H,70,72). The summed E-state index contributed by atoms with van der Waals surface area (Å²) in [4.78, 5) is 5.60. The first kappa shape index (κ1) is 43.3. The second-order valence-electron chi connectivity index (χ2n) is 19.1. The minimum Gasteiger partial charge on any atom is -0.337 e. The van der Waals surface area contributed by atoms with Gasteiger partial charge in [-0.25, -0.2) is 4.99 Å². The number of rotatable bonds is 9. The van der Waals surface area contributed by atoms with Crippen LogP contribution in [0.3, 0.4) is 0 Å². The maximum atomic E-state index is 5.60. The minimum atomic E-state index is -0.443. The summed E-state index contributed by atoms with van der Waals surface area (Å²) in [5.74, 6) is 0.807. The van der Waals surface area contributed by atoms with Crippen molar-refractivity contribution in [1.29, 1.82) is 0 Å². The average Bonchev–Trinajstić information content (AvgIpc) is 4.01. The number of amidine groups is 1. The molecular formula is C69H49N5. The number of hydrogen-bond acceptors (Lipinski definition) is 3. The normalized spacial score (nSPS) is 14.6. The summed E-state index contributed by atoms with van der Waals surface area (Å²) in [6.45, 7) is 0. The van der Waals surface area contributed by atoms with E-state index in [4.69, 9.17) is 4.99 Å². The topological polar surface area (TPSA) is 46.3 Å². The Hall–Kier alpha value is -9.55. The number of nitrogens with zero attached hydrogens (tertiary/aromatic N) is 3. The SMILES string of the molecule is c1ccc(-c2cccc(-c3cc(C4=NC(c5ccccc5)NC(n5c6ccccc6c6ccc7c8ccccc8n(-c8cccc(-c9ccccc9)c8-c8ccccc8)c7c65)N4)cc(-c4ccccc4)c3)c2)cc1. The van der Waals surface area contributed by atoms with Gasteiger partial charge in [0.05, 0.1) is 27.8 Å². The first-order valence-corrected chi connectivity index (χ1v) is 25.4. The molecule has 0 fully saturated rings. The van der Waals surface area contributed by atoms with Crippen LogP contribution >= 0.6 is 0 Å². The molecule has 0 spiro atoms. The number of aliphatic imine (C=N–C) groups is 1. The Bertz CT molecular complexity index is 4230. The minimum absolute atomic E-state index is 0.379. The van der Waals surface area contributed by atoms with Crippen molar-refractivity contribution < 1.29 is 0 Å². The number of aromatic nitrogens is 2. The lowest BCUT2D eigenvalue weighted by Crippen LogP contribution is -2.47. The molecule has 0 bridgehead atoms. The van der Waals surface area contributed by atoms with E-state index < -0.39 is 6.29 Å². The summed E-state index contributed by atoms with van der Waals surface area (Å²) in [5, 5.41) is 12.9. The molecule has 0 radical (unpaired) electrons. The smallest absolute Gasteiger partial charge is 0.162 e. The largest absolute Gasteiger partial charge is 0.337 e. The van der Waals surface area contributed by atoms with Gasteiger partial charge in [0.25, 0.3) is 0 Å². The van der Waals surface area contributed by atoms with Gasteiger partial charge in [0, 0.05) is 32.7 Å². The Kier molecular flexibility index (Phi) is 10.7. The van der Waals surface area contributed by atoms with Crippen LogP contribution in [0.15, 0.2) is 278 Å². The van der Waals surface area contributed by atoms with Crippen LogP contribution in [0.5, 0.6) is 0 Å². The van der Waals surface area contributed by atoms with Gasteiger partial charge in [-0.15, -0.1) is 0 Å². The Morgan fingerprint density at radius 2 is 0.811 bits per heavy atom. The van der Waals surface area contributed by atoms with E-state index in [-0.39, 0.29) is 6.17 Å². The van der Waals surface area contributed by atoms with E-state index in [0.717, 1.165) is 72.5 Å². The summed E-state index contributed by atoms with van der Waals surface area (Å²) >= 11 is 0. The van der Waals surface area contributed by atoms with E-state index in [9.17, 15) is 0 Å². The first-order valence-electron chi connectivity index (χ1n) is 25.4. The molecule has 2 atom stereocenters. The van der Waals surface area contributed by atoms with Crippen molar-refractivity contribution in [2.75, 3.05) is 0 Å². The molecule has 1 aliphatic heterocycles. The summed E-state index contributed by atoms with van der Waals surface area (Å²) in [7, 11) is 0. The highest BCUT2D eigenvalue weighted by molar-refractivity contribution is 6.23. The molecule has 2 aromatic heterocycles. The van der Waals surface area contributed by atoms with Crippen molar-refractivity contribution in [3.8, 4) is 61.3 Å². The van der Waals surface area contributed by atoms with Crippen molar-refractivity contribution in [2.24, 2.45) is 4.99 Å². The van der Waals surface area contributed by atoms with Gasteiger partial charge in [-0.05, 0) is 98.1 Å². The third-order valence-electron chi connectivity index (χ3n) is 14.8. The molecular weight excluding hydrogens is 899 g/mol. The predicted molar refractivity (Wildman–Crippen MR) is 308 cm³/mol. The molecule has 14 rings (SSSR count). The molecule has 3 heterocycles. The van der Waals surface area contributed by atoms with Crippen LogP contribution in [0, 0.1) is 0 Å². The molecule has 0 saturated carbocycles. The van der Waals surface area contributed by atoms with Crippen LogP contribution in [-0.2, 0) is 0 Å². The molecule has 2 unspecified atom stereocenters. The molecule has 5 heteroatoms. The van der Waals surface area contributed by atoms with Gasteiger partial charge in [-0.3, -0.25) is 5.32 Å². The Morgan fingerprint density at radius 1 is 0.338 bits per heavy atom. The molecule has 11 aromatic carbocycles. The van der Waals surface area contributed by atoms with E-state index >= 15 is 0 Å². The third kappa shape index (κ3) is 7.49. The van der Waals surface area contributed by atoms with Crippen LogP contribution in [-0.4, -0.2) is 15.0 Å². The van der Waals surface area contributed by atoms with Crippen LogP contribution in [0.1, 0.15) is 23.6 Å². The molecule has 350 valence electrons. The van der Waals surface area contributed by atoms with Crippen molar-refractivity contribution in [2.45, 2.75) is 12.5 Å². The third-order valence-corrected chi connectivity index (χ3v) is 14.8. The lowest BCUT2D eigenvalue weighted by atomic mass is 9.93. The number of hydrogen-bond donors (Lipinski definition) is 2. The van der Waals surface area contributed by atoms with Gasteiger partial charge in [-0.2, -0.15) is 0 Å². The van der Waals surface area contributed by atoms with Gasteiger partial charge < -0.3 is 14.5 Å². The molecule has 5 nitrogen and oxygen atoms in total. The maximum Gasteiger partial charge on any atom is 0.162 e. The predicted octanol–water partition coefficient (Wildman–Crippen LogP) is 17.0. The van der Waals surface area contributed by atoms with Crippen molar-refractivity contribution in [3.63, 3.8) is 0 Å². The van der Waals surface area contributed by atoms with Crippen LogP contribution in [0.2, 0.25) is 0 Å². The average molecular weight is 948 g/mol. The van der Waals surface area contributed by atoms with Gasteiger partial charge in [0.1, 0.15) is 12.0 Å². The summed E-state index contributed by atoms with van der Waals surface area (Å²) in [5.41, 5.74) is 19.3. The molecule has 0 saturated heterocycles. The number of para-hydroxylation sites is 2. The molecule has 74 heavy (non-hydrogen) atoms. The molecule has 0 aliphatic carbocycles. The van der Waals surface area contributed by atoms with Gasteiger partial charge in [0.15, 0.2) is 6.29 Å². The van der Waals surface area contributed by atoms with Crippen LogP contribution in [0.25, 0.3) is 105 Å². The Balaban J connectivity index is 1.02. The van der Waals surface area contributed by atoms with E-state index in [2.05, 4.69) is 293 Å². The second kappa shape index (κ2) is 18.2. The fraction of sp³-hybridized carbons (Fsp3) is 0.0290. The Morgan fingerprint density at radius 3 is 1.49 bits per heavy atom. The Labute approximate surface area is 430 Å². The first-order chi connectivity index (χ1) is 36.7. The van der Waals surface area contributed by atoms with E-state index in [1.807, 2.05) is 0 Å². The zero-order valence-corrected chi connectivity index (χ0v) is 40.5. The zero-order valence-electron chi connectivity index (χ0n) is 40.5. The molecule has 0 amide bonds. The zero-order chi connectivity index (χ0) is 49.0. The van der Waals surface area contributed by atoms with Gasteiger partial charge in [-0.1, -0.05) is 231 Å². The monoisotopic (exact) mass is 947 g/mol. The summed E-state index contributed by atoms with van der Waals surface area (Å²) < 4.78 is 5.03. The molecule has 1 aliphatic rings. The molecule has 2 N–H and O–H groups in total. The van der Waals surface area contributed by atoms with Crippen molar-refractivity contribution >= 4 is 49.4 Å². The van der Waals surface area contributed by atoms with E-state index in [1.54, 1.807) is 0 Å². The second-order valence-corrected chi connectivity index (χ2v) is 19.1. The summed E-state index contributed by atoms with van der Waals surface area (Å²) in [6, 6.07) is 98.6. The maximum absolute atomic E-state index is 5.60. The van der Waals surface area contributed by atoms with Crippen molar-refractivity contribution in [3.05, 3.63) is 284 Å². The fourth-order valence-electron chi connectivity index (χ4n) is 11.4. The summed E-state index contributed by atoms with van der Waals surface area (Å²) in [6.07, 6.45) is -0.821. The quantitative estimate of drug-likeness (QED) is 0.151. The van der Waals surface area contributed by atoms with E-state index in [0.29, 0.717) is 0 Å². The van der Waals surface area contributed by atoms with Gasteiger partial charge in [0.2, 0.25) is 0 Å². The highest BCUT2D eigenvalue weighted by atomic mass is 15.4. The van der Waals surface area contributed by atoms with Crippen LogP contribution in [0.4, 0.5) is 0 Å². The van der Waals surface area contributed by atoms with Crippen molar-refractivity contribution in [1.82, 2.24) is 19.8 Å². The van der Waals surface area contributed by atoms with Gasteiger partial charge >= 0.3 is 0 Å². The highest BCUT2D eigenvalue weighted by Crippen LogP contribution is 2.45. The number of fused-ring (bicyclic) bond motifs is 7. The fourth-order valence-corrected chi connectivity index (χ4v) is 11.4. The van der Waals surface area contributed by atoms with E-state index in [1.165, 1.54) is 49.4 Å². The highest BCUT2D eigenvalue weighted by Gasteiger charge is 2.31. The molecule has 13 aromatic rings. The number of benzene rings is 11. The number of nitrogens with one attached hydrogen (secondary N) is 2. The lowest BCUT2D eigenvalue weighted by molar-refractivity contribution is 0.330. The van der Waals surface area contributed by atoms with Crippen LogP contribution < -0.4 is 10.6 Å².